The van der Waals surface area contributed by atoms with Crippen molar-refractivity contribution in [3.05, 3.63) is 35.4 Å². The van der Waals surface area contributed by atoms with Crippen LogP contribution in [0, 0.1) is 13.8 Å². The van der Waals surface area contributed by atoms with E-state index in [0.29, 0.717) is 5.88 Å². The molecule has 1 nitrogen and oxygen atoms in total. The molecule has 2 heteroatoms. The summed E-state index contributed by atoms with van der Waals surface area (Å²) in [5.74, 6) is 0.601. The molecule has 0 aliphatic carbocycles. The highest BCUT2D eigenvalue weighted by atomic mass is 35.5. The molecule has 0 saturated heterocycles. The van der Waals surface area contributed by atoms with Gasteiger partial charge in [-0.1, -0.05) is 6.58 Å². The molecule has 0 bridgehead atoms. The molecule has 0 amide bonds. The number of phenolic OH excluding ortho intramolecular Hbond substituents is 1. The highest BCUT2D eigenvalue weighted by Crippen LogP contribution is 2.27. The third-order valence-electron chi connectivity index (χ3n) is 2.15. The molecule has 0 saturated carbocycles. The molecular weight excluding hydrogens is 184 g/mol. The van der Waals surface area contributed by atoms with Gasteiger partial charge in [0.1, 0.15) is 5.75 Å². The van der Waals surface area contributed by atoms with Crippen molar-refractivity contribution in [2.45, 2.75) is 13.8 Å². The molecule has 0 fully saturated rings. The Labute approximate surface area is 83.7 Å². The Morgan fingerprint density at radius 2 is 1.92 bits per heavy atom. The number of benzene rings is 1. The third-order valence-corrected chi connectivity index (χ3v) is 2.48. The van der Waals surface area contributed by atoms with Gasteiger partial charge in [0.2, 0.25) is 0 Å². The van der Waals surface area contributed by atoms with Crippen molar-refractivity contribution < 1.29 is 5.11 Å². The minimum absolute atomic E-state index is 0.258. The predicted molar refractivity (Wildman–Crippen MR) is 57.3 cm³/mol. The van der Waals surface area contributed by atoms with Crippen molar-refractivity contribution in [3.8, 4) is 5.75 Å². The number of rotatable bonds is 2. The van der Waals surface area contributed by atoms with Crippen LogP contribution in [0.1, 0.15) is 16.7 Å². The summed E-state index contributed by atoms with van der Waals surface area (Å²) < 4.78 is 0. The summed E-state index contributed by atoms with van der Waals surface area (Å²) in [6.07, 6.45) is 0. The Hall–Kier alpha value is -0.950. The standard InChI is InChI=1S/C11H13ClO/c1-7-4-10(9(3)6-12)11(13)5-8(7)2/h4-5,13H,3,6H2,1-2H3. The van der Waals surface area contributed by atoms with Gasteiger partial charge in [-0.05, 0) is 42.7 Å². The molecule has 1 N–H and O–H groups in total. The highest BCUT2D eigenvalue weighted by molar-refractivity contribution is 6.23. The minimum Gasteiger partial charge on any atom is -0.507 e. The quantitative estimate of drug-likeness (QED) is 0.720. The van der Waals surface area contributed by atoms with Crippen LogP contribution in [0.2, 0.25) is 0 Å². The Kier molecular flexibility index (Phi) is 2.99. The first-order valence-electron chi connectivity index (χ1n) is 4.10. The van der Waals surface area contributed by atoms with E-state index in [9.17, 15) is 5.11 Å². The van der Waals surface area contributed by atoms with Gasteiger partial charge >= 0.3 is 0 Å². The molecule has 0 aromatic heterocycles. The van der Waals surface area contributed by atoms with E-state index in [1.165, 1.54) is 0 Å². The first-order chi connectivity index (χ1) is 6.06. The van der Waals surface area contributed by atoms with Crippen LogP contribution in [0.4, 0.5) is 0 Å². The van der Waals surface area contributed by atoms with Crippen LogP contribution >= 0.6 is 11.6 Å². The van der Waals surface area contributed by atoms with E-state index in [4.69, 9.17) is 11.6 Å². The molecule has 1 aromatic carbocycles. The SMILES string of the molecule is C=C(CCl)c1cc(C)c(C)cc1O. The third kappa shape index (κ3) is 2.04. The maximum atomic E-state index is 9.60. The minimum atomic E-state index is 0.258. The number of aryl methyl sites for hydroxylation is 2. The van der Waals surface area contributed by atoms with Crippen LogP contribution in [0.3, 0.4) is 0 Å². The molecule has 13 heavy (non-hydrogen) atoms. The molecular formula is C11H13ClO. The van der Waals surface area contributed by atoms with Crippen LogP contribution in [0.15, 0.2) is 18.7 Å². The molecule has 0 unspecified atom stereocenters. The summed E-state index contributed by atoms with van der Waals surface area (Å²) >= 11 is 5.64. The van der Waals surface area contributed by atoms with Crippen molar-refractivity contribution in [2.24, 2.45) is 0 Å². The van der Waals surface area contributed by atoms with Crippen LogP contribution in [0.25, 0.3) is 5.57 Å². The summed E-state index contributed by atoms with van der Waals surface area (Å²) in [6, 6.07) is 3.65. The lowest BCUT2D eigenvalue weighted by Gasteiger charge is -2.08. The van der Waals surface area contributed by atoms with Crippen LogP contribution < -0.4 is 0 Å². The number of hydrogen-bond donors (Lipinski definition) is 1. The monoisotopic (exact) mass is 196 g/mol. The normalized spacial score (nSPS) is 10.1. The van der Waals surface area contributed by atoms with Crippen LogP contribution in [0.5, 0.6) is 5.75 Å². The number of allylic oxidation sites excluding steroid dienone is 1. The lowest BCUT2D eigenvalue weighted by molar-refractivity contribution is 0.473. The van der Waals surface area contributed by atoms with Gasteiger partial charge < -0.3 is 5.11 Å². The van der Waals surface area contributed by atoms with E-state index in [1.807, 2.05) is 19.9 Å². The number of hydrogen-bond acceptors (Lipinski definition) is 1. The second-order valence-corrected chi connectivity index (χ2v) is 3.46. The van der Waals surface area contributed by atoms with Gasteiger partial charge in [0.15, 0.2) is 0 Å². The average molecular weight is 197 g/mol. The largest absolute Gasteiger partial charge is 0.507 e. The molecule has 0 aliphatic rings. The maximum absolute atomic E-state index is 9.60. The van der Waals surface area contributed by atoms with Crippen molar-refractivity contribution in [1.82, 2.24) is 0 Å². The van der Waals surface area contributed by atoms with Crippen molar-refractivity contribution in [2.75, 3.05) is 5.88 Å². The van der Waals surface area contributed by atoms with E-state index >= 15 is 0 Å². The molecule has 70 valence electrons. The summed E-state index contributed by atoms with van der Waals surface area (Å²) in [7, 11) is 0. The predicted octanol–water partition coefficient (Wildman–Crippen LogP) is 3.26. The van der Waals surface area contributed by atoms with E-state index in [1.54, 1.807) is 6.07 Å². The van der Waals surface area contributed by atoms with Gasteiger partial charge in [0, 0.05) is 11.4 Å². The van der Waals surface area contributed by atoms with Crippen LogP contribution in [-0.2, 0) is 0 Å². The molecule has 0 heterocycles. The second kappa shape index (κ2) is 3.84. The van der Waals surface area contributed by atoms with Gasteiger partial charge in [-0.25, -0.2) is 0 Å². The van der Waals surface area contributed by atoms with Gasteiger partial charge in [0.25, 0.3) is 0 Å². The Balaban J connectivity index is 3.23. The van der Waals surface area contributed by atoms with Crippen LogP contribution in [-0.4, -0.2) is 11.0 Å². The summed E-state index contributed by atoms with van der Waals surface area (Å²) in [4.78, 5) is 0. The van der Waals surface area contributed by atoms with Crippen molar-refractivity contribution >= 4 is 17.2 Å². The molecule has 1 rings (SSSR count). The van der Waals surface area contributed by atoms with Gasteiger partial charge in [-0.15, -0.1) is 11.6 Å². The average Bonchev–Trinajstić information content (AvgIpc) is 2.10. The lowest BCUT2D eigenvalue weighted by atomic mass is 10.0. The van der Waals surface area contributed by atoms with Gasteiger partial charge in [0.05, 0.1) is 0 Å². The number of aromatic hydroxyl groups is 1. The fourth-order valence-electron chi connectivity index (χ4n) is 1.16. The highest BCUT2D eigenvalue weighted by Gasteiger charge is 2.06. The first-order valence-corrected chi connectivity index (χ1v) is 4.64. The number of halogens is 1. The molecule has 0 aliphatic heterocycles. The summed E-state index contributed by atoms with van der Waals surface area (Å²) in [5, 5.41) is 9.60. The fourth-order valence-corrected chi connectivity index (χ4v) is 1.30. The van der Waals surface area contributed by atoms with E-state index < -0.39 is 0 Å². The lowest BCUT2D eigenvalue weighted by Crippen LogP contribution is -1.89. The smallest absolute Gasteiger partial charge is 0.123 e. The summed E-state index contributed by atoms with van der Waals surface area (Å²) in [5.41, 5.74) is 3.71. The molecule has 0 radical (unpaired) electrons. The molecule has 1 aromatic rings. The Bertz CT molecular complexity index is 342. The van der Waals surface area contributed by atoms with Crippen molar-refractivity contribution in [3.63, 3.8) is 0 Å². The zero-order valence-electron chi connectivity index (χ0n) is 7.89. The van der Waals surface area contributed by atoms with E-state index in [-0.39, 0.29) is 5.75 Å². The Morgan fingerprint density at radius 3 is 2.46 bits per heavy atom. The zero-order valence-corrected chi connectivity index (χ0v) is 8.65. The Morgan fingerprint density at radius 1 is 1.38 bits per heavy atom. The van der Waals surface area contributed by atoms with Crippen molar-refractivity contribution in [1.29, 1.82) is 0 Å². The number of alkyl halides is 1. The fraction of sp³-hybridized carbons (Fsp3) is 0.273. The maximum Gasteiger partial charge on any atom is 0.123 e. The first kappa shape index (κ1) is 10.1. The second-order valence-electron chi connectivity index (χ2n) is 3.19. The topological polar surface area (TPSA) is 20.2 Å². The zero-order chi connectivity index (χ0) is 10.0. The molecule has 0 atom stereocenters. The number of phenols is 1. The van der Waals surface area contributed by atoms with E-state index in [0.717, 1.165) is 22.3 Å². The summed E-state index contributed by atoms with van der Waals surface area (Å²) in [6.45, 7) is 7.74. The van der Waals surface area contributed by atoms with Gasteiger partial charge in [-0.3, -0.25) is 0 Å². The molecule has 0 spiro atoms. The van der Waals surface area contributed by atoms with E-state index in [2.05, 4.69) is 6.58 Å². The van der Waals surface area contributed by atoms with Gasteiger partial charge in [-0.2, -0.15) is 0 Å².